The number of phenolic OH excluding ortho intramolecular Hbond substituents is 1. The fraction of sp³-hybridized carbons (Fsp3) is 0.231. The van der Waals surface area contributed by atoms with Crippen molar-refractivity contribution in [3.05, 3.63) is 44.1 Å². The van der Waals surface area contributed by atoms with E-state index in [1.165, 1.54) is 9.75 Å². The molecule has 90 valence electrons. The van der Waals surface area contributed by atoms with Crippen molar-refractivity contribution < 1.29 is 5.11 Å². The molecule has 17 heavy (non-hydrogen) atoms. The summed E-state index contributed by atoms with van der Waals surface area (Å²) in [5, 5.41) is 12.9. The van der Waals surface area contributed by atoms with Gasteiger partial charge in [-0.3, -0.25) is 0 Å². The minimum Gasteiger partial charge on any atom is -0.508 e. The molecule has 0 bridgehead atoms. The first-order chi connectivity index (χ1) is 8.06. The number of anilines is 1. The maximum atomic E-state index is 9.60. The molecule has 2 N–H and O–H groups in total. The molecular formula is C13H14BrNOS. The van der Waals surface area contributed by atoms with Crippen LogP contribution in [0, 0.1) is 13.8 Å². The van der Waals surface area contributed by atoms with Gasteiger partial charge >= 0.3 is 0 Å². The van der Waals surface area contributed by atoms with Crippen LogP contribution in [0.2, 0.25) is 0 Å². The van der Waals surface area contributed by atoms with Gasteiger partial charge in [0.2, 0.25) is 0 Å². The predicted octanol–water partition coefficient (Wildman–Crippen LogP) is 4.45. The Morgan fingerprint density at radius 2 is 2.06 bits per heavy atom. The highest BCUT2D eigenvalue weighted by Gasteiger charge is 2.03. The molecule has 2 rings (SSSR count). The lowest BCUT2D eigenvalue weighted by Crippen LogP contribution is -1.97. The summed E-state index contributed by atoms with van der Waals surface area (Å²) in [6.45, 7) is 4.76. The molecular weight excluding hydrogens is 298 g/mol. The van der Waals surface area contributed by atoms with Gasteiger partial charge in [0, 0.05) is 32.5 Å². The van der Waals surface area contributed by atoms with Crippen LogP contribution in [0.1, 0.15) is 15.3 Å². The van der Waals surface area contributed by atoms with E-state index < -0.39 is 0 Å². The zero-order valence-corrected chi connectivity index (χ0v) is 12.2. The van der Waals surface area contributed by atoms with Crippen molar-refractivity contribution in [3.63, 3.8) is 0 Å². The first kappa shape index (κ1) is 12.5. The SMILES string of the molecule is Cc1ccc(NCc2cc(Br)c(C)s2)cc1O. The van der Waals surface area contributed by atoms with E-state index in [0.29, 0.717) is 5.75 Å². The standard InChI is InChI=1S/C13H14BrNOS/c1-8-3-4-10(5-13(8)16)15-7-11-6-12(14)9(2)17-11/h3-6,15-16H,7H2,1-2H3. The third-order valence-electron chi connectivity index (χ3n) is 2.58. The Morgan fingerprint density at radius 1 is 1.29 bits per heavy atom. The second-order valence-electron chi connectivity index (χ2n) is 3.97. The van der Waals surface area contributed by atoms with Crippen LogP contribution in [0.25, 0.3) is 0 Å². The van der Waals surface area contributed by atoms with Gasteiger partial charge < -0.3 is 10.4 Å². The van der Waals surface area contributed by atoms with Crippen LogP contribution in [-0.4, -0.2) is 5.11 Å². The lowest BCUT2D eigenvalue weighted by Gasteiger charge is -2.06. The number of aryl methyl sites for hydroxylation is 2. The molecule has 1 heterocycles. The highest BCUT2D eigenvalue weighted by Crippen LogP contribution is 2.27. The summed E-state index contributed by atoms with van der Waals surface area (Å²) in [6, 6.07) is 7.77. The molecule has 0 aliphatic carbocycles. The summed E-state index contributed by atoms with van der Waals surface area (Å²) in [6.07, 6.45) is 0. The van der Waals surface area contributed by atoms with Gasteiger partial charge in [-0.15, -0.1) is 11.3 Å². The Balaban J connectivity index is 2.04. The molecule has 1 aromatic heterocycles. The summed E-state index contributed by atoms with van der Waals surface area (Å²) in [5.74, 6) is 0.332. The lowest BCUT2D eigenvalue weighted by molar-refractivity contribution is 0.471. The lowest BCUT2D eigenvalue weighted by atomic mass is 10.2. The Labute approximate surface area is 113 Å². The summed E-state index contributed by atoms with van der Waals surface area (Å²) in [4.78, 5) is 2.56. The molecule has 2 nitrogen and oxygen atoms in total. The highest BCUT2D eigenvalue weighted by molar-refractivity contribution is 9.10. The van der Waals surface area contributed by atoms with Crippen molar-refractivity contribution in [1.82, 2.24) is 0 Å². The van der Waals surface area contributed by atoms with Crippen LogP contribution >= 0.6 is 27.3 Å². The first-order valence-electron chi connectivity index (χ1n) is 5.34. The summed E-state index contributed by atoms with van der Waals surface area (Å²) in [5.41, 5.74) is 1.83. The molecule has 0 atom stereocenters. The van der Waals surface area contributed by atoms with Gasteiger partial charge in [-0.05, 0) is 47.5 Å². The predicted molar refractivity (Wildman–Crippen MR) is 76.9 cm³/mol. The van der Waals surface area contributed by atoms with Crippen molar-refractivity contribution in [2.24, 2.45) is 0 Å². The maximum Gasteiger partial charge on any atom is 0.120 e. The number of hydrogen-bond donors (Lipinski definition) is 2. The van der Waals surface area contributed by atoms with Crippen LogP contribution in [-0.2, 0) is 6.54 Å². The normalized spacial score (nSPS) is 10.5. The molecule has 4 heteroatoms. The molecule has 0 unspecified atom stereocenters. The number of rotatable bonds is 3. The third-order valence-corrected chi connectivity index (χ3v) is 4.72. The van der Waals surface area contributed by atoms with E-state index >= 15 is 0 Å². The van der Waals surface area contributed by atoms with Gasteiger partial charge in [0.15, 0.2) is 0 Å². The van der Waals surface area contributed by atoms with Gasteiger partial charge in [0.05, 0.1) is 0 Å². The van der Waals surface area contributed by atoms with E-state index in [2.05, 4.69) is 34.2 Å². The van der Waals surface area contributed by atoms with Crippen molar-refractivity contribution in [2.75, 3.05) is 5.32 Å². The molecule has 0 radical (unpaired) electrons. The summed E-state index contributed by atoms with van der Waals surface area (Å²) >= 11 is 5.28. The number of aromatic hydroxyl groups is 1. The fourth-order valence-corrected chi connectivity index (χ4v) is 3.05. The van der Waals surface area contributed by atoms with Crippen LogP contribution in [0.4, 0.5) is 5.69 Å². The van der Waals surface area contributed by atoms with Crippen LogP contribution < -0.4 is 5.32 Å². The molecule has 0 aliphatic heterocycles. The Kier molecular flexibility index (Phi) is 3.74. The second kappa shape index (κ2) is 5.10. The molecule has 0 saturated heterocycles. The number of nitrogens with one attached hydrogen (secondary N) is 1. The Hall–Kier alpha value is -1.00. The van der Waals surface area contributed by atoms with Gasteiger partial charge in [0.25, 0.3) is 0 Å². The third kappa shape index (κ3) is 3.01. The molecule has 1 aromatic carbocycles. The first-order valence-corrected chi connectivity index (χ1v) is 6.95. The zero-order valence-electron chi connectivity index (χ0n) is 9.75. The van der Waals surface area contributed by atoms with E-state index in [0.717, 1.165) is 22.3 Å². The average Bonchev–Trinajstić information content (AvgIpc) is 2.60. The smallest absolute Gasteiger partial charge is 0.120 e. The maximum absolute atomic E-state index is 9.60. The molecule has 0 spiro atoms. The Morgan fingerprint density at radius 3 is 2.65 bits per heavy atom. The van der Waals surface area contributed by atoms with Crippen LogP contribution in [0.15, 0.2) is 28.7 Å². The van der Waals surface area contributed by atoms with E-state index in [4.69, 9.17) is 0 Å². The summed E-state index contributed by atoms with van der Waals surface area (Å²) in [7, 11) is 0. The van der Waals surface area contributed by atoms with E-state index in [1.807, 2.05) is 19.1 Å². The van der Waals surface area contributed by atoms with Gasteiger partial charge in [-0.25, -0.2) is 0 Å². The van der Waals surface area contributed by atoms with Crippen molar-refractivity contribution >= 4 is 33.0 Å². The fourth-order valence-electron chi connectivity index (χ4n) is 1.51. The van der Waals surface area contributed by atoms with Gasteiger partial charge in [0.1, 0.15) is 5.75 Å². The molecule has 2 aromatic rings. The van der Waals surface area contributed by atoms with Crippen molar-refractivity contribution in [2.45, 2.75) is 20.4 Å². The molecule has 0 amide bonds. The minimum absolute atomic E-state index is 0.332. The van der Waals surface area contributed by atoms with Crippen LogP contribution in [0.3, 0.4) is 0 Å². The van der Waals surface area contributed by atoms with E-state index in [9.17, 15) is 5.11 Å². The number of phenols is 1. The number of halogens is 1. The average molecular weight is 312 g/mol. The zero-order chi connectivity index (χ0) is 12.4. The van der Waals surface area contributed by atoms with Gasteiger partial charge in [-0.2, -0.15) is 0 Å². The van der Waals surface area contributed by atoms with Crippen molar-refractivity contribution in [1.29, 1.82) is 0 Å². The number of thiophene rings is 1. The molecule has 0 saturated carbocycles. The molecule has 0 aliphatic rings. The second-order valence-corrected chi connectivity index (χ2v) is 6.17. The minimum atomic E-state index is 0.332. The van der Waals surface area contributed by atoms with Gasteiger partial charge in [-0.1, -0.05) is 6.07 Å². The quantitative estimate of drug-likeness (QED) is 0.878. The highest BCUT2D eigenvalue weighted by atomic mass is 79.9. The van der Waals surface area contributed by atoms with Crippen molar-refractivity contribution in [3.8, 4) is 5.75 Å². The van der Waals surface area contributed by atoms with E-state index in [1.54, 1.807) is 17.4 Å². The van der Waals surface area contributed by atoms with E-state index in [-0.39, 0.29) is 0 Å². The molecule has 0 fully saturated rings. The van der Waals surface area contributed by atoms with Crippen LogP contribution in [0.5, 0.6) is 5.75 Å². The topological polar surface area (TPSA) is 32.3 Å². The summed E-state index contributed by atoms with van der Waals surface area (Å²) < 4.78 is 1.16. The monoisotopic (exact) mass is 311 g/mol. The number of hydrogen-bond acceptors (Lipinski definition) is 3. The Bertz CT molecular complexity index is 517. The number of benzene rings is 1. The largest absolute Gasteiger partial charge is 0.508 e.